The van der Waals surface area contributed by atoms with Crippen molar-refractivity contribution < 1.29 is 0 Å². The van der Waals surface area contributed by atoms with Gasteiger partial charge in [-0.1, -0.05) is 0 Å². The summed E-state index contributed by atoms with van der Waals surface area (Å²) in [5, 5.41) is 0.278. The summed E-state index contributed by atoms with van der Waals surface area (Å²) in [7, 11) is 0. The molecule has 1 aromatic rings. The molecule has 0 spiro atoms. The van der Waals surface area contributed by atoms with Crippen LogP contribution in [0.1, 0.15) is 19.8 Å². The molecule has 1 saturated heterocycles. The summed E-state index contributed by atoms with van der Waals surface area (Å²) in [6.45, 7) is 4.12. The van der Waals surface area contributed by atoms with Crippen molar-refractivity contribution in [2.75, 3.05) is 18.0 Å². The fourth-order valence-electron chi connectivity index (χ4n) is 2.03. The number of anilines is 1. The van der Waals surface area contributed by atoms with Gasteiger partial charge in [-0.15, -0.1) is 11.6 Å². The second kappa shape index (κ2) is 5.49. The third-order valence-corrected chi connectivity index (χ3v) is 3.99. The molecule has 0 saturated carbocycles. The summed E-state index contributed by atoms with van der Waals surface area (Å²) < 4.78 is 1.07. The fraction of sp³-hybridized carbons (Fsp3) is 0.636. The molecule has 1 fully saturated rings. The first-order chi connectivity index (χ1) is 7.66. The summed E-state index contributed by atoms with van der Waals surface area (Å²) in [5.74, 6) is 1.49. The SMILES string of the molecule is CC(Cl)C1CCN(c2ncc(I)cn2)CC1. The Morgan fingerprint density at radius 2 is 1.94 bits per heavy atom. The molecule has 3 nitrogen and oxygen atoms in total. The zero-order valence-electron chi connectivity index (χ0n) is 9.24. The third-order valence-electron chi connectivity index (χ3n) is 3.08. The van der Waals surface area contributed by atoms with Crippen LogP contribution < -0.4 is 4.90 Å². The lowest BCUT2D eigenvalue weighted by atomic mass is 9.94. The van der Waals surface area contributed by atoms with Gasteiger partial charge in [-0.3, -0.25) is 0 Å². The lowest BCUT2D eigenvalue weighted by Crippen LogP contribution is -2.36. The summed E-state index contributed by atoms with van der Waals surface area (Å²) in [4.78, 5) is 10.9. The highest BCUT2D eigenvalue weighted by Crippen LogP contribution is 2.25. The first-order valence-electron chi connectivity index (χ1n) is 5.53. The maximum Gasteiger partial charge on any atom is 0.225 e. The van der Waals surface area contributed by atoms with Crippen molar-refractivity contribution in [1.29, 1.82) is 0 Å². The number of hydrogen-bond donors (Lipinski definition) is 0. The summed E-state index contributed by atoms with van der Waals surface area (Å²) in [6.07, 6.45) is 6.00. The summed E-state index contributed by atoms with van der Waals surface area (Å²) >= 11 is 8.34. The van der Waals surface area contributed by atoms with Crippen LogP contribution in [0.3, 0.4) is 0 Å². The van der Waals surface area contributed by atoms with Crippen LogP contribution in [-0.4, -0.2) is 28.4 Å². The van der Waals surface area contributed by atoms with E-state index >= 15 is 0 Å². The van der Waals surface area contributed by atoms with Crippen LogP contribution in [0.25, 0.3) is 0 Å². The topological polar surface area (TPSA) is 29.0 Å². The molecule has 0 bridgehead atoms. The van der Waals surface area contributed by atoms with E-state index in [4.69, 9.17) is 11.6 Å². The molecule has 0 amide bonds. The van der Waals surface area contributed by atoms with Gasteiger partial charge < -0.3 is 4.90 Å². The zero-order valence-corrected chi connectivity index (χ0v) is 12.1. The van der Waals surface area contributed by atoms with E-state index in [9.17, 15) is 0 Å². The van der Waals surface area contributed by atoms with Crippen LogP contribution in [0, 0.1) is 9.49 Å². The third kappa shape index (κ3) is 2.97. The van der Waals surface area contributed by atoms with E-state index in [0.29, 0.717) is 5.92 Å². The maximum atomic E-state index is 6.12. The van der Waals surface area contributed by atoms with Crippen LogP contribution >= 0.6 is 34.2 Å². The minimum atomic E-state index is 0.278. The lowest BCUT2D eigenvalue weighted by molar-refractivity contribution is 0.397. The normalized spacial score (nSPS) is 19.8. The highest BCUT2D eigenvalue weighted by Gasteiger charge is 2.23. The molecule has 2 heterocycles. The molecule has 0 aromatic carbocycles. The quantitative estimate of drug-likeness (QED) is 0.606. The van der Waals surface area contributed by atoms with E-state index in [0.717, 1.165) is 35.4 Å². The molecule has 0 N–H and O–H groups in total. The Kier molecular flexibility index (Phi) is 4.24. The average molecular weight is 352 g/mol. The lowest BCUT2D eigenvalue weighted by Gasteiger charge is -2.33. The van der Waals surface area contributed by atoms with Gasteiger partial charge in [-0.05, 0) is 48.3 Å². The van der Waals surface area contributed by atoms with Crippen LogP contribution in [-0.2, 0) is 0 Å². The van der Waals surface area contributed by atoms with Crippen LogP contribution in [0.2, 0.25) is 0 Å². The molecule has 0 aliphatic carbocycles. The Balaban J connectivity index is 1.96. The van der Waals surface area contributed by atoms with Crippen molar-refractivity contribution >= 4 is 40.1 Å². The molecule has 2 rings (SSSR count). The molecule has 1 aliphatic heterocycles. The number of hydrogen-bond acceptors (Lipinski definition) is 3. The van der Waals surface area contributed by atoms with Crippen molar-refractivity contribution in [2.45, 2.75) is 25.1 Å². The maximum absolute atomic E-state index is 6.12. The minimum Gasteiger partial charge on any atom is -0.341 e. The van der Waals surface area contributed by atoms with Gasteiger partial charge >= 0.3 is 0 Å². The van der Waals surface area contributed by atoms with E-state index in [-0.39, 0.29) is 5.38 Å². The van der Waals surface area contributed by atoms with Crippen LogP contribution in [0.4, 0.5) is 5.95 Å². The van der Waals surface area contributed by atoms with Crippen molar-refractivity contribution in [2.24, 2.45) is 5.92 Å². The minimum absolute atomic E-state index is 0.278. The molecule has 1 atom stereocenters. The second-order valence-corrected chi connectivity index (χ2v) is 6.14. The van der Waals surface area contributed by atoms with Gasteiger partial charge in [0, 0.05) is 34.4 Å². The predicted molar refractivity (Wildman–Crippen MR) is 75.0 cm³/mol. The highest BCUT2D eigenvalue weighted by molar-refractivity contribution is 14.1. The monoisotopic (exact) mass is 351 g/mol. The molecule has 5 heteroatoms. The smallest absolute Gasteiger partial charge is 0.225 e. The number of rotatable bonds is 2. The zero-order chi connectivity index (χ0) is 11.5. The Labute approximate surface area is 115 Å². The Bertz CT molecular complexity index is 334. The highest BCUT2D eigenvalue weighted by atomic mass is 127. The van der Waals surface area contributed by atoms with Gasteiger partial charge in [-0.2, -0.15) is 0 Å². The second-order valence-electron chi connectivity index (χ2n) is 4.20. The Hall–Kier alpha value is -0.100. The van der Waals surface area contributed by atoms with Crippen molar-refractivity contribution in [3.8, 4) is 0 Å². The molecule has 1 aliphatic rings. The van der Waals surface area contributed by atoms with Gasteiger partial charge in [-0.25, -0.2) is 9.97 Å². The van der Waals surface area contributed by atoms with Crippen LogP contribution in [0.5, 0.6) is 0 Å². The molecule has 1 aromatic heterocycles. The van der Waals surface area contributed by atoms with Crippen molar-refractivity contribution in [3.63, 3.8) is 0 Å². The van der Waals surface area contributed by atoms with Crippen molar-refractivity contribution in [3.05, 3.63) is 16.0 Å². The Morgan fingerprint density at radius 1 is 1.38 bits per heavy atom. The molecule has 0 radical (unpaired) electrons. The average Bonchev–Trinajstić information content (AvgIpc) is 2.30. The summed E-state index contributed by atoms with van der Waals surface area (Å²) in [5.41, 5.74) is 0. The van der Waals surface area contributed by atoms with E-state index < -0.39 is 0 Å². The van der Waals surface area contributed by atoms with E-state index in [1.54, 1.807) is 0 Å². The number of piperidine rings is 1. The molecule has 1 unspecified atom stereocenters. The molecule has 16 heavy (non-hydrogen) atoms. The predicted octanol–water partition coefficient (Wildman–Crippen LogP) is 2.92. The van der Waals surface area contributed by atoms with Crippen molar-refractivity contribution in [1.82, 2.24) is 9.97 Å². The summed E-state index contributed by atoms with van der Waals surface area (Å²) in [6, 6.07) is 0. The van der Waals surface area contributed by atoms with Gasteiger partial charge in [0.15, 0.2) is 0 Å². The largest absolute Gasteiger partial charge is 0.341 e. The first kappa shape index (κ1) is 12.4. The molecular formula is C11H15ClIN3. The van der Waals surface area contributed by atoms with Gasteiger partial charge in [0.05, 0.1) is 0 Å². The van der Waals surface area contributed by atoms with E-state index in [1.165, 1.54) is 0 Å². The molecular weight excluding hydrogens is 336 g/mol. The van der Waals surface area contributed by atoms with E-state index in [1.807, 2.05) is 12.4 Å². The number of nitrogens with zero attached hydrogens (tertiary/aromatic N) is 3. The van der Waals surface area contributed by atoms with E-state index in [2.05, 4.69) is 44.4 Å². The number of aromatic nitrogens is 2. The van der Waals surface area contributed by atoms with Gasteiger partial charge in [0.2, 0.25) is 5.95 Å². The Morgan fingerprint density at radius 3 is 2.44 bits per heavy atom. The van der Waals surface area contributed by atoms with Gasteiger partial charge in [0.25, 0.3) is 0 Å². The molecule has 88 valence electrons. The number of alkyl halides is 1. The number of halogens is 2. The first-order valence-corrected chi connectivity index (χ1v) is 7.05. The van der Waals surface area contributed by atoms with Gasteiger partial charge in [0.1, 0.15) is 0 Å². The standard InChI is InChI=1S/C11H15ClIN3/c1-8(12)9-2-4-16(5-3-9)11-14-6-10(13)7-15-11/h6-9H,2-5H2,1H3. The van der Waals surface area contributed by atoms with Crippen LogP contribution in [0.15, 0.2) is 12.4 Å². The fourth-order valence-corrected chi connectivity index (χ4v) is 2.56.